The molecule has 2 heterocycles. The van der Waals surface area contributed by atoms with E-state index in [1.165, 1.54) is 35.9 Å². The van der Waals surface area contributed by atoms with E-state index in [0.717, 1.165) is 12.2 Å². The van der Waals surface area contributed by atoms with Crippen LogP contribution < -0.4 is 5.73 Å². The highest BCUT2D eigenvalue weighted by Crippen LogP contribution is 2.19. The molecule has 4 heteroatoms. The number of hydrogen-bond acceptors (Lipinski definition) is 4. The van der Waals surface area contributed by atoms with Gasteiger partial charge in [0.05, 0.1) is 11.7 Å². The lowest BCUT2D eigenvalue weighted by atomic mass is 10.1. The van der Waals surface area contributed by atoms with Crippen LogP contribution in [0, 0.1) is 6.92 Å². The summed E-state index contributed by atoms with van der Waals surface area (Å²) in [5.74, 6) is 0. The molecule has 0 saturated carbocycles. The molecule has 1 aliphatic rings. The summed E-state index contributed by atoms with van der Waals surface area (Å²) in [6, 6.07) is 2.25. The van der Waals surface area contributed by atoms with E-state index in [2.05, 4.69) is 15.3 Å². The van der Waals surface area contributed by atoms with E-state index in [-0.39, 0.29) is 6.04 Å². The molecule has 13 heavy (non-hydrogen) atoms. The first-order valence-corrected chi connectivity index (χ1v) is 5.44. The van der Waals surface area contributed by atoms with Crippen LogP contribution in [0.15, 0.2) is 6.07 Å². The van der Waals surface area contributed by atoms with Crippen molar-refractivity contribution in [1.82, 2.24) is 9.27 Å². The van der Waals surface area contributed by atoms with E-state index in [1.54, 1.807) is 0 Å². The quantitative estimate of drug-likeness (QED) is 0.790. The van der Waals surface area contributed by atoms with Crippen LogP contribution in [0.5, 0.6) is 0 Å². The summed E-state index contributed by atoms with van der Waals surface area (Å²) in [6.45, 7) is 5.43. The molecule has 0 spiro atoms. The molecule has 1 aromatic rings. The Bertz CT molecular complexity index is 280. The van der Waals surface area contributed by atoms with Crippen molar-refractivity contribution in [1.29, 1.82) is 0 Å². The van der Waals surface area contributed by atoms with Gasteiger partial charge in [0.25, 0.3) is 0 Å². The fourth-order valence-electron chi connectivity index (χ4n) is 1.49. The third-order valence-electron chi connectivity index (χ3n) is 2.42. The number of likely N-dealkylation sites (tertiary alicyclic amines) is 1. The first-order valence-electron chi connectivity index (χ1n) is 4.67. The molecular weight excluding hydrogens is 182 g/mol. The standard InChI is InChI=1S/C9H15N3S/c1-7-5-9(13-11-7)8(10)6-12-3-2-4-12/h5,8H,2-4,6,10H2,1H3. The van der Waals surface area contributed by atoms with Crippen molar-refractivity contribution in [3.05, 3.63) is 16.6 Å². The third-order valence-corrected chi connectivity index (χ3v) is 3.43. The van der Waals surface area contributed by atoms with Gasteiger partial charge >= 0.3 is 0 Å². The Morgan fingerprint density at radius 2 is 2.46 bits per heavy atom. The highest BCUT2D eigenvalue weighted by atomic mass is 32.1. The van der Waals surface area contributed by atoms with Crippen LogP contribution in [0.4, 0.5) is 0 Å². The largest absolute Gasteiger partial charge is 0.322 e. The molecule has 0 amide bonds. The Hall–Kier alpha value is -0.450. The average molecular weight is 197 g/mol. The van der Waals surface area contributed by atoms with Gasteiger partial charge in [0.2, 0.25) is 0 Å². The van der Waals surface area contributed by atoms with Gasteiger partial charge in [-0.25, -0.2) is 0 Å². The predicted octanol–water partition coefficient (Wildman–Crippen LogP) is 1.16. The van der Waals surface area contributed by atoms with Crippen molar-refractivity contribution >= 4 is 11.5 Å². The smallest absolute Gasteiger partial charge is 0.0535 e. The minimum absolute atomic E-state index is 0.159. The molecule has 0 aliphatic carbocycles. The molecule has 0 aromatic carbocycles. The van der Waals surface area contributed by atoms with E-state index in [0.29, 0.717) is 0 Å². The first-order chi connectivity index (χ1) is 6.25. The highest BCUT2D eigenvalue weighted by molar-refractivity contribution is 7.05. The molecular formula is C9H15N3S. The topological polar surface area (TPSA) is 42.1 Å². The molecule has 2 rings (SSSR count). The van der Waals surface area contributed by atoms with Gasteiger partial charge in [-0.3, -0.25) is 0 Å². The molecule has 0 radical (unpaired) electrons. The lowest BCUT2D eigenvalue weighted by Gasteiger charge is -2.32. The van der Waals surface area contributed by atoms with Crippen molar-refractivity contribution < 1.29 is 0 Å². The third kappa shape index (κ3) is 2.07. The van der Waals surface area contributed by atoms with E-state index >= 15 is 0 Å². The van der Waals surface area contributed by atoms with E-state index in [9.17, 15) is 0 Å². The minimum Gasteiger partial charge on any atom is -0.322 e. The van der Waals surface area contributed by atoms with Crippen LogP contribution in [0.25, 0.3) is 0 Å². The van der Waals surface area contributed by atoms with Gasteiger partial charge in [0.15, 0.2) is 0 Å². The average Bonchev–Trinajstić information content (AvgIpc) is 2.44. The summed E-state index contributed by atoms with van der Waals surface area (Å²) in [4.78, 5) is 3.60. The maximum absolute atomic E-state index is 6.05. The zero-order chi connectivity index (χ0) is 9.26. The molecule has 1 aromatic heterocycles. The molecule has 1 atom stereocenters. The lowest BCUT2D eigenvalue weighted by Crippen LogP contribution is -2.41. The summed E-state index contributed by atoms with van der Waals surface area (Å²) >= 11 is 1.53. The van der Waals surface area contributed by atoms with Crippen molar-refractivity contribution in [2.45, 2.75) is 19.4 Å². The van der Waals surface area contributed by atoms with Crippen molar-refractivity contribution in [2.24, 2.45) is 5.73 Å². The predicted molar refractivity (Wildman–Crippen MR) is 54.8 cm³/mol. The SMILES string of the molecule is Cc1cc(C(N)CN2CCC2)sn1. The second kappa shape index (κ2) is 3.74. The summed E-state index contributed by atoms with van der Waals surface area (Å²) in [5, 5.41) is 0. The van der Waals surface area contributed by atoms with Gasteiger partial charge in [-0.2, -0.15) is 4.37 Å². The maximum atomic E-state index is 6.05. The maximum Gasteiger partial charge on any atom is 0.0535 e. The Morgan fingerprint density at radius 3 is 2.92 bits per heavy atom. The normalized spacial score (nSPS) is 19.8. The van der Waals surface area contributed by atoms with Crippen LogP contribution in [0.3, 0.4) is 0 Å². The minimum atomic E-state index is 0.159. The van der Waals surface area contributed by atoms with Gasteiger partial charge < -0.3 is 10.6 Å². The van der Waals surface area contributed by atoms with Crippen LogP contribution in [-0.4, -0.2) is 28.9 Å². The van der Waals surface area contributed by atoms with Crippen LogP contribution in [0.2, 0.25) is 0 Å². The summed E-state index contributed by atoms with van der Waals surface area (Å²) in [6.07, 6.45) is 1.33. The number of hydrogen-bond donors (Lipinski definition) is 1. The Morgan fingerprint density at radius 1 is 1.69 bits per heavy atom. The van der Waals surface area contributed by atoms with Gasteiger partial charge in [-0.15, -0.1) is 0 Å². The molecule has 3 nitrogen and oxygen atoms in total. The Balaban J connectivity index is 1.92. The fraction of sp³-hybridized carbons (Fsp3) is 0.667. The molecule has 2 N–H and O–H groups in total. The van der Waals surface area contributed by atoms with Crippen LogP contribution >= 0.6 is 11.5 Å². The number of aryl methyl sites for hydroxylation is 1. The number of rotatable bonds is 3. The van der Waals surface area contributed by atoms with E-state index in [4.69, 9.17) is 5.73 Å². The molecule has 1 unspecified atom stereocenters. The second-order valence-corrected chi connectivity index (χ2v) is 4.47. The van der Waals surface area contributed by atoms with Crippen LogP contribution in [0.1, 0.15) is 23.0 Å². The number of nitrogens with two attached hydrogens (primary N) is 1. The molecule has 1 saturated heterocycles. The molecule has 72 valence electrons. The highest BCUT2D eigenvalue weighted by Gasteiger charge is 2.18. The van der Waals surface area contributed by atoms with Gasteiger partial charge in [0.1, 0.15) is 0 Å². The summed E-state index contributed by atoms with van der Waals surface area (Å²) in [7, 11) is 0. The zero-order valence-corrected chi connectivity index (χ0v) is 8.68. The fourth-order valence-corrected chi connectivity index (χ4v) is 2.23. The Labute approximate surface area is 82.7 Å². The van der Waals surface area contributed by atoms with Gasteiger partial charge in [-0.05, 0) is 44.0 Å². The number of nitrogens with zero attached hydrogens (tertiary/aromatic N) is 2. The monoisotopic (exact) mass is 197 g/mol. The van der Waals surface area contributed by atoms with Gasteiger partial charge in [0, 0.05) is 11.4 Å². The van der Waals surface area contributed by atoms with E-state index < -0.39 is 0 Å². The van der Waals surface area contributed by atoms with Gasteiger partial charge in [-0.1, -0.05) is 0 Å². The molecule has 1 fully saturated rings. The molecule has 0 bridgehead atoms. The Kier molecular flexibility index (Phi) is 2.62. The van der Waals surface area contributed by atoms with Crippen molar-refractivity contribution in [3.8, 4) is 0 Å². The molecule has 1 aliphatic heterocycles. The van der Waals surface area contributed by atoms with E-state index in [1.807, 2.05) is 6.92 Å². The second-order valence-electron chi connectivity index (χ2n) is 3.63. The van der Waals surface area contributed by atoms with Crippen molar-refractivity contribution in [2.75, 3.05) is 19.6 Å². The lowest BCUT2D eigenvalue weighted by molar-refractivity contribution is 0.171. The summed E-state index contributed by atoms with van der Waals surface area (Å²) < 4.78 is 4.23. The first kappa shape index (κ1) is 9.12. The summed E-state index contributed by atoms with van der Waals surface area (Å²) in [5.41, 5.74) is 7.13. The van der Waals surface area contributed by atoms with Crippen molar-refractivity contribution in [3.63, 3.8) is 0 Å². The zero-order valence-electron chi connectivity index (χ0n) is 7.86. The number of aromatic nitrogens is 1. The van der Waals surface area contributed by atoms with Crippen LogP contribution in [-0.2, 0) is 0 Å².